The second kappa shape index (κ2) is 13.6. The fraction of sp³-hybridized carbons (Fsp3) is 0.258. The maximum atomic E-state index is 12.8. The van der Waals surface area contributed by atoms with Gasteiger partial charge in [-0.1, -0.05) is 61.2 Å². The quantitative estimate of drug-likeness (QED) is 0.234. The zero-order valence-corrected chi connectivity index (χ0v) is 24.5. The van der Waals surface area contributed by atoms with Crippen LogP contribution in [0.2, 0.25) is 0 Å². The lowest BCUT2D eigenvalue weighted by molar-refractivity contribution is -0.274. The smallest absolute Gasteiger partial charge is 0.406 e. The van der Waals surface area contributed by atoms with Gasteiger partial charge in [-0.25, -0.2) is 14.5 Å². The molecule has 0 bridgehead atoms. The van der Waals surface area contributed by atoms with Crippen molar-refractivity contribution in [2.24, 2.45) is 4.99 Å². The minimum absolute atomic E-state index is 0.0859. The molecule has 1 N–H and O–H groups in total. The number of urea groups is 1. The van der Waals surface area contributed by atoms with Crippen LogP contribution < -0.4 is 15.0 Å². The molecule has 1 aromatic heterocycles. The Hall–Kier alpha value is -4.83. The van der Waals surface area contributed by atoms with Crippen molar-refractivity contribution in [3.8, 4) is 28.9 Å². The molecule has 1 aliphatic rings. The van der Waals surface area contributed by atoms with Gasteiger partial charge in [-0.2, -0.15) is 10.3 Å². The Morgan fingerprint density at radius 1 is 1.14 bits per heavy atom. The summed E-state index contributed by atoms with van der Waals surface area (Å²) < 4.78 is 42.6. The average Bonchev–Trinajstić information content (AvgIpc) is 3.52. The highest BCUT2D eigenvalue weighted by atomic mass is 32.2. The molecule has 0 radical (unpaired) electrons. The Kier molecular flexibility index (Phi) is 9.50. The number of halogens is 3. The lowest BCUT2D eigenvalue weighted by atomic mass is 9.99. The predicted octanol–water partition coefficient (Wildman–Crippen LogP) is 6.71. The molecule has 1 aliphatic heterocycles. The number of nitriles is 1. The van der Waals surface area contributed by atoms with Gasteiger partial charge in [0.05, 0.1) is 17.7 Å². The fourth-order valence-corrected chi connectivity index (χ4v) is 5.64. The van der Waals surface area contributed by atoms with Crippen LogP contribution in [0.4, 0.5) is 23.7 Å². The molecule has 0 saturated carbocycles. The number of aromatic nitrogens is 3. The van der Waals surface area contributed by atoms with Crippen molar-refractivity contribution in [1.29, 1.82) is 5.26 Å². The third-order valence-corrected chi connectivity index (χ3v) is 7.92. The maximum Gasteiger partial charge on any atom is 0.573 e. The molecule has 1 saturated heterocycles. The van der Waals surface area contributed by atoms with E-state index in [-0.39, 0.29) is 12.3 Å². The van der Waals surface area contributed by atoms with E-state index in [0.717, 1.165) is 30.8 Å². The number of alkyl halides is 3. The number of rotatable bonds is 8. The van der Waals surface area contributed by atoms with Crippen LogP contribution >= 0.6 is 11.8 Å². The van der Waals surface area contributed by atoms with Crippen LogP contribution in [-0.4, -0.2) is 51.2 Å². The first-order valence-corrected chi connectivity index (χ1v) is 14.8. The number of anilines is 1. The normalized spacial score (nSPS) is 15.1. The Labute approximate surface area is 256 Å². The fourth-order valence-electron chi connectivity index (χ4n) is 4.69. The second-order valence-electron chi connectivity index (χ2n) is 9.77. The zero-order chi connectivity index (χ0) is 31.1. The summed E-state index contributed by atoms with van der Waals surface area (Å²) in [6.07, 6.45) is -1.46. The van der Waals surface area contributed by atoms with Gasteiger partial charge in [0.2, 0.25) is 0 Å². The van der Waals surface area contributed by atoms with E-state index in [4.69, 9.17) is 0 Å². The number of amidine groups is 1. The van der Waals surface area contributed by atoms with Crippen molar-refractivity contribution in [2.75, 3.05) is 23.7 Å². The van der Waals surface area contributed by atoms with Gasteiger partial charge in [-0.05, 0) is 54.3 Å². The third kappa shape index (κ3) is 7.57. The number of amides is 2. The zero-order valence-electron chi connectivity index (χ0n) is 23.7. The number of thioether (sulfide) groups is 1. The van der Waals surface area contributed by atoms with E-state index in [9.17, 15) is 23.2 Å². The second-order valence-corrected chi connectivity index (χ2v) is 10.8. The van der Waals surface area contributed by atoms with Crippen LogP contribution in [0.25, 0.3) is 17.1 Å². The standard InChI is InChI=1S/C31H28F3N7O2S/c1-2-21-6-3-4-7-27(21)40-16-5-17-44-30(40)38-29(42)36-19-24(18-35)22-8-10-23(11-9-22)28-37-20-41(39-28)25-12-14-26(15-13-25)43-31(32,33)34/h3-4,6-15,20,24H,2,5,16-17,19H2,1H3,(H,36,42). The number of para-hydroxylation sites is 1. The molecule has 5 rings (SSSR count). The summed E-state index contributed by atoms with van der Waals surface area (Å²) in [4.78, 5) is 23.5. The van der Waals surface area contributed by atoms with Gasteiger partial charge in [0.15, 0.2) is 11.0 Å². The largest absolute Gasteiger partial charge is 0.573 e. The van der Waals surface area contributed by atoms with Crippen LogP contribution in [0.1, 0.15) is 30.4 Å². The highest BCUT2D eigenvalue weighted by Gasteiger charge is 2.31. The number of nitrogens with zero attached hydrogens (tertiary/aromatic N) is 6. The number of benzene rings is 3. The Morgan fingerprint density at radius 3 is 2.59 bits per heavy atom. The van der Waals surface area contributed by atoms with Crippen LogP contribution in [-0.2, 0) is 6.42 Å². The molecule has 9 nitrogen and oxygen atoms in total. The van der Waals surface area contributed by atoms with E-state index in [1.807, 2.05) is 18.2 Å². The number of aliphatic imine (C=N–C) groups is 1. The number of aryl methyl sites for hydroxylation is 1. The van der Waals surface area contributed by atoms with Crippen LogP contribution in [0.3, 0.4) is 0 Å². The van der Waals surface area contributed by atoms with Crippen molar-refractivity contribution >= 4 is 28.6 Å². The van der Waals surface area contributed by atoms with E-state index < -0.39 is 18.3 Å². The molecule has 1 unspecified atom stereocenters. The molecule has 44 heavy (non-hydrogen) atoms. The molecular formula is C31H28F3N7O2S. The molecule has 1 fully saturated rings. The van der Waals surface area contributed by atoms with Crippen molar-refractivity contribution < 1.29 is 22.7 Å². The van der Waals surface area contributed by atoms with Crippen molar-refractivity contribution in [3.63, 3.8) is 0 Å². The Morgan fingerprint density at radius 2 is 1.89 bits per heavy atom. The number of carbonyl (C=O) groups excluding carboxylic acids is 1. The Bertz CT molecular complexity index is 1670. The first-order chi connectivity index (χ1) is 21.2. The van der Waals surface area contributed by atoms with Gasteiger partial charge in [-0.15, -0.1) is 18.3 Å². The van der Waals surface area contributed by atoms with E-state index >= 15 is 0 Å². The summed E-state index contributed by atoms with van der Waals surface area (Å²) in [6, 6.07) is 22.2. The van der Waals surface area contributed by atoms with Crippen LogP contribution in [0.15, 0.2) is 84.1 Å². The minimum atomic E-state index is -4.77. The van der Waals surface area contributed by atoms with Gasteiger partial charge >= 0.3 is 12.4 Å². The van der Waals surface area contributed by atoms with Gasteiger partial charge in [0.1, 0.15) is 12.1 Å². The number of carbonyl (C=O) groups is 1. The monoisotopic (exact) mass is 619 g/mol. The summed E-state index contributed by atoms with van der Waals surface area (Å²) >= 11 is 1.54. The number of hydrogen-bond donors (Lipinski definition) is 1. The number of hydrogen-bond acceptors (Lipinski definition) is 6. The van der Waals surface area contributed by atoms with E-state index in [2.05, 4.69) is 49.1 Å². The molecule has 2 heterocycles. The summed E-state index contributed by atoms with van der Waals surface area (Å²) in [5.74, 6) is 0.330. The highest BCUT2D eigenvalue weighted by molar-refractivity contribution is 8.14. The highest BCUT2D eigenvalue weighted by Crippen LogP contribution is 2.29. The SMILES string of the molecule is CCc1ccccc1N1CCCSC1=NC(=O)NCC(C#N)c1ccc(-c2ncn(-c3ccc(OC(F)(F)F)cc3)n2)cc1. The first-order valence-electron chi connectivity index (χ1n) is 13.9. The van der Waals surface area contributed by atoms with Gasteiger partial charge < -0.3 is 15.0 Å². The van der Waals surface area contributed by atoms with Crippen LogP contribution in [0, 0.1) is 11.3 Å². The predicted molar refractivity (Wildman–Crippen MR) is 163 cm³/mol. The molecule has 226 valence electrons. The lowest BCUT2D eigenvalue weighted by Crippen LogP contribution is -2.36. The van der Waals surface area contributed by atoms with Gasteiger partial charge in [0, 0.05) is 30.1 Å². The summed E-state index contributed by atoms with van der Waals surface area (Å²) in [5, 5.41) is 17.6. The van der Waals surface area contributed by atoms with E-state index in [1.165, 1.54) is 40.8 Å². The lowest BCUT2D eigenvalue weighted by Gasteiger charge is -2.31. The minimum Gasteiger partial charge on any atom is -0.406 e. The molecule has 0 spiro atoms. The molecule has 3 aromatic carbocycles. The summed E-state index contributed by atoms with van der Waals surface area (Å²) in [6.45, 7) is 2.96. The van der Waals surface area contributed by atoms with Gasteiger partial charge in [-0.3, -0.25) is 0 Å². The molecular weight excluding hydrogens is 591 g/mol. The molecule has 2 amide bonds. The maximum absolute atomic E-state index is 12.8. The number of nitrogens with one attached hydrogen (secondary N) is 1. The summed E-state index contributed by atoms with van der Waals surface area (Å²) in [5.41, 5.74) is 4.12. The van der Waals surface area contributed by atoms with Gasteiger partial charge in [0.25, 0.3) is 0 Å². The van der Waals surface area contributed by atoms with E-state index in [1.54, 1.807) is 36.0 Å². The Balaban J connectivity index is 1.21. The number of ether oxygens (including phenoxy) is 1. The van der Waals surface area contributed by atoms with Crippen molar-refractivity contribution in [1.82, 2.24) is 20.1 Å². The third-order valence-electron chi connectivity index (χ3n) is 6.86. The van der Waals surface area contributed by atoms with Crippen LogP contribution in [0.5, 0.6) is 5.75 Å². The first kappa shape index (κ1) is 30.6. The topological polar surface area (TPSA) is 108 Å². The summed E-state index contributed by atoms with van der Waals surface area (Å²) in [7, 11) is 0. The molecule has 1 atom stereocenters. The van der Waals surface area contributed by atoms with Crippen molar-refractivity contribution in [2.45, 2.75) is 32.0 Å². The average molecular weight is 620 g/mol. The van der Waals surface area contributed by atoms with E-state index in [0.29, 0.717) is 27.8 Å². The molecule has 13 heteroatoms. The molecule has 0 aliphatic carbocycles. The molecule has 4 aromatic rings. The van der Waals surface area contributed by atoms with Crippen molar-refractivity contribution in [3.05, 3.63) is 90.3 Å².